The zero-order valence-electron chi connectivity index (χ0n) is 13.9. The van der Waals surface area contributed by atoms with Crippen molar-refractivity contribution in [3.05, 3.63) is 59.9 Å². The highest BCUT2D eigenvalue weighted by molar-refractivity contribution is 5.78. The molecule has 1 aliphatic rings. The van der Waals surface area contributed by atoms with Crippen LogP contribution in [0.15, 0.2) is 48.5 Å². The third-order valence-electron chi connectivity index (χ3n) is 4.27. The molecule has 132 valence electrons. The van der Waals surface area contributed by atoms with Crippen molar-refractivity contribution in [1.82, 2.24) is 4.90 Å². The molecule has 2 aromatic carbocycles. The molecule has 2 aromatic rings. The van der Waals surface area contributed by atoms with Gasteiger partial charge in [-0.15, -0.1) is 0 Å². The Hall–Kier alpha value is -2.60. The molecule has 5 nitrogen and oxygen atoms in total. The molecular weight excluding hydrogens is 325 g/mol. The number of hydrogen-bond donors (Lipinski definition) is 1. The first-order valence-corrected chi connectivity index (χ1v) is 8.07. The Bertz CT molecular complexity index is 752. The molecule has 0 aromatic heterocycles. The second kappa shape index (κ2) is 7.53. The highest BCUT2D eigenvalue weighted by Gasteiger charge is 2.35. The molecule has 1 amide bonds. The van der Waals surface area contributed by atoms with Crippen molar-refractivity contribution in [2.75, 3.05) is 20.3 Å². The van der Waals surface area contributed by atoms with Gasteiger partial charge in [-0.25, -0.2) is 4.39 Å². The van der Waals surface area contributed by atoms with Crippen LogP contribution < -0.4 is 9.47 Å². The summed E-state index contributed by atoms with van der Waals surface area (Å²) in [4.78, 5) is 14.1. The zero-order chi connectivity index (χ0) is 17.8. The van der Waals surface area contributed by atoms with Crippen LogP contribution in [-0.4, -0.2) is 42.3 Å². The lowest BCUT2D eigenvalue weighted by atomic mass is 10.0. The molecule has 0 bridgehead atoms. The Balaban J connectivity index is 1.72. The minimum atomic E-state index is -0.603. The minimum Gasteiger partial charge on any atom is -0.497 e. The van der Waals surface area contributed by atoms with Gasteiger partial charge in [-0.3, -0.25) is 4.79 Å². The highest BCUT2D eigenvalue weighted by atomic mass is 19.1. The lowest BCUT2D eigenvalue weighted by Gasteiger charge is -2.25. The molecule has 1 aliphatic heterocycles. The summed E-state index contributed by atoms with van der Waals surface area (Å²) >= 11 is 0. The first-order chi connectivity index (χ1) is 12.1. The summed E-state index contributed by atoms with van der Waals surface area (Å²) in [5, 5.41) is 10.0. The summed E-state index contributed by atoms with van der Waals surface area (Å²) in [7, 11) is 1.58. The van der Waals surface area contributed by atoms with Crippen LogP contribution in [0.1, 0.15) is 18.0 Å². The predicted octanol–water partition coefficient (Wildman–Crippen LogP) is 2.55. The molecule has 0 unspecified atom stereocenters. The van der Waals surface area contributed by atoms with Crippen molar-refractivity contribution >= 4 is 5.91 Å². The zero-order valence-corrected chi connectivity index (χ0v) is 13.9. The molecule has 0 spiro atoms. The first kappa shape index (κ1) is 17.2. The smallest absolute Gasteiger partial charge is 0.261 e. The van der Waals surface area contributed by atoms with E-state index < -0.39 is 11.9 Å². The fourth-order valence-electron chi connectivity index (χ4n) is 3.04. The molecule has 3 rings (SSSR count). The van der Waals surface area contributed by atoms with Gasteiger partial charge in [0.1, 0.15) is 5.75 Å². The van der Waals surface area contributed by atoms with Crippen molar-refractivity contribution in [1.29, 1.82) is 0 Å². The number of amides is 1. The van der Waals surface area contributed by atoms with E-state index in [-0.39, 0.29) is 30.9 Å². The van der Waals surface area contributed by atoms with Gasteiger partial charge in [0.2, 0.25) is 0 Å². The number of benzene rings is 2. The van der Waals surface area contributed by atoms with Crippen molar-refractivity contribution in [3.63, 3.8) is 0 Å². The molecule has 2 atom stereocenters. The van der Waals surface area contributed by atoms with E-state index in [2.05, 4.69) is 0 Å². The number of carbonyl (C=O) groups is 1. The largest absolute Gasteiger partial charge is 0.497 e. The van der Waals surface area contributed by atoms with E-state index >= 15 is 0 Å². The van der Waals surface area contributed by atoms with Crippen molar-refractivity contribution < 1.29 is 23.8 Å². The number of rotatable bonds is 5. The Morgan fingerprint density at radius 1 is 1.28 bits per heavy atom. The monoisotopic (exact) mass is 345 g/mol. The summed E-state index contributed by atoms with van der Waals surface area (Å²) < 4.78 is 24.1. The van der Waals surface area contributed by atoms with E-state index in [9.17, 15) is 14.3 Å². The third-order valence-corrected chi connectivity index (χ3v) is 4.27. The lowest BCUT2D eigenvalue weighted by Crippen LogP contribution is -2.35. The van der Waals surface area contributed by atoms with E-state index in [1.807, 2.05) is 24.3 Å². The Morgan fingerprint density at radius 2 is 2.08 bits per heavy atom. The number of hydrogen-bond acceptors (Lipinski definition) is 4. The van der Waals surface area contributed by atoms with Crippen LogP contribution in [0.5, 0.6) is 11.5 Å². The van der Waals surface area contributed by atoms with E-state index in [0.29, 0.717) is 12.2 Å². The van der Waals surface area contributed by atoms with Crippen molar-refractivity contribution in [3.8, 4) is 11.5 Å². The van der Waals surface area contributed by atoms with Crippen LogP contribution in [-0.2, 0) is 4.79 Å². The van der Waals surface area contributed by atoms with Gasteiger partial charge in [-0.2, -0.15) is 0 Å². The number of aliphatic hydroxyl groups is 1. The summed E-state index contributed by atoms with van der Waals surface area (Å²) in [5.41, 5.74) is 0.884. The maximum atomic E-state index is 13.6. The maximum Gasteiger partial charge on any atom is 0.261 e. The topological polar surface area (TPSA) is 59.0 Å². The van der Waals surface area contributed by atoms with Crippen LogP contribution in [0.2, 0.25) is 0 Å². The number of β-amino-alcohol motifs (C(OH)–C–C–N with tert-alkyl or cyclic N) is 1. The number of ether oxygens (including phenoxy) is 2. The average Bonchev–Trinajstić information content (AvgIpc) is 3.03. The first-order valence-electron chi connectivity index (χ1n) is 8.07. The Kier molecular flexibility index (Phi) is 5.19. The molecule has 1 fully saturated rings. The van der Waals surface area contributed by atoms with Crippen LogP contribution in [0.3, 0.4) is 0 Å². The Morgan fingerprint density at radius 3 is 2.84 bits per heavy atom. The number of carbonyl (C=O) groups excluding carboxylic acids is 1. The van der Waals surface area contributed by atoms with Gasteiger partial charge in [-0.1, -0.05) is 24.3 Å². The van der Waals surface area contributed by atoms with E-state index in [4.69, 9.17) is 9.47 Å². The van der Waals surface area contributed by atoms with Crippen molar-refractivity contribution in [2.24, 2.45) is 0 Å². The van der Waals surface area contributed by atoms with Gasteiger partial charge in [0.25, 0.3) is 5.91 Å². The molecule has 0 aliphatic carbocycles. The SMILES string of the molecule is COc1cccc([C@@H]2C[C@@H](O)CN2C(=O)COc2ccccc2F)c1. The lowest BCUT2D eigenvalue weighted by molar-refractivity contribution is -0.134. The van der Waals surface area contributed by atoms with Crippen LogP contribution in [0.4, 0.5) is 4.39 Å². The third kappa shape index (κ3) is 3.91. The molecule has 0 saturated carbocycles. The summed E-state index contributed by atoms with van der Waals surface area (Å²) in [6.07, 6.45) is -0.160. The van der Waals surface area contributed by atoms with Crippen LogP contribution >= 0.6 is 0 Å². The normalized spacial score (nSPS) is 19.7. The highest BCUT2D eigenvalue weighted by Crippen LogP contribution is 2.33. The number of halogens is 1. The van der Waals surface area contributed by atoms with Crippen molar-refractivity contribution in [2.45, 2.75) is 18.6 Å². The second-order valence-electron chi connectivity index (χ2n) is 5.95. The fourth-order valence-corrected chi connectivity index (χ4v) is 3.04. The number of para-hydroxylation sites is 1. The predicted molar refractivity (Wildman–Crippen MR) is 90.0 cm³/mol. The van der Waals surface area contributed by atoms with Gasteiger partial charge in [0.05, 0.1) is 19.3 Å². The Labute approximate surface area is 145 Å². The quantitative estimate of drug-likeness (QED) is 0.905. The minimum absolute atomic E-state index is 0.0357. The number of likely N-dealkylation sites (tertiary alicyclic amines) is 1. The number of nitrogens with zero attached hydrogens (tertiary/aromatic N) is 1. The van der Waals surface area contributed by atoms with Gasteiger partial charge in [0, 0.05) is 6.54 Å². The van der Waals surface area contributed by atoms with E-state index in [1.54, 1.807) is 24.1 Å². The van der Waals surface area contributed by atoms with E-state index in [0.717, 1.165) is 5.56 Å². The standard InChI is InChI=1S/C19H20FNO4/c1-24-15-6-4-5-13(9-15)17-10-14(22)11-21(17)19(23)12-25-18-8-3-2-7-16(18)20/h2-9,14,17,22H,10-12H2,1H3/t14-,17+/m1/s1. The molecule has 0 radical (unpaired) electrons. The molecular formula is C19H20FNO4. The summed E-state index contributed by atoms with van der Waals surface area (Å²) in [5.74, 6) is -0.0869. The maximum absolute atomic E-state index is 13.6. The van der Waals surface area contributed by atoms with E-state index in [1.165, 1.54) is 12.1 Å². The average molecular weight is 345 g/mol. The molecule has 25 heavy (non-hydrogen) atoms. The van der Waals surface area contributed by atoms with Crippen LogP contribution in [0.25, 0.3) is 0 Å². The number of aliphatic hydroxyl groups excluding tert-OH is 1. The molecule has 6 heteroatoms. The molecule has 1 N–H and O–H groups in total. The second-order valence-corrected chi connectivity index (χ2v) is 5.95. The molecule has 1 heterocycles. The molecule has 1 saturated heterocycles. The van der Waals surface area contributed by atoms with Gasteiger partial charge >= 0.3 is 0 Å². The van der Waals surface area contributed by atoms with Gasteiger partial charge in [0.15, 0.2) is 18.2 Å². The summed E-state index contributed by atoms with van der Waals surface area (Å²) in [6.45, 7) is -0.0601. The van der Waals surface area contributed by atoms with Gasteiger partial charge < -0.3 is 19.5 Å². The summed E-state index contributed by atoms with van der Waals surface area (Å²) in [6, 6.07) is 13.1. The number of methoxy groups -OCH3 is 1. The van der Waals surface area contributed by atoms with Crippen LogP contribution in [0, 0.1) is 5.82 Å². The fraction of sp³-hybridized carbons (Fsp3) is 0.316. The van der Waals surface area contributed by atoms with Gasteiger partial charge in [-0.05, 0) is 36.2 Å².